The largest absolute Gasteiger partial charge is 0.480 e. The van der Waals surface area contributed by atoms with Crippen LogP contribution in [0.25, 0.3) is 0 Å². The zero-order valence-corrected chi connectivity index (χ0v) is 23.2. The van der Waals surface area contributed by atoms with E-state index in [-0.39, 0.29) is 12.0 Å². The first-order valence-corrected chi connectivity index (χ1v) is 15.7. The Morgan fingerprint density at radius 3 is 2.43 bits per heavy atom. The van der Waals surface area contributed by atoms with Crippen LogP contribution in [0.1, 0.15) is 97.8 Å². The molecule has 4 aliphatic carbocycles. The normalized spacial score (nSPS) is 42.3. The third-order valence-electron chi connectivity index (χ3n) is 11.5. The molecule has 1 amide bonds. The maximum atomic E-state index is 12.6. The van der Waals surface area contributed by atoms with E-state index in [2.05, 4.69) is 26.1 Å². The van der Waals surface area contributed by atoms with Crippen LogP contribution in [-0.4, -0.2) is 46.2 Å². The average molecular weight is 508 g/mol. The molecule has 2 unspecified atom stereocenters. The molecule has 0 spiro atoms. The number of rotatable bonds is 9. The molecule has 4 saturated carbocycles. The van der Waals surface area contributed by atoms with Crippen molar-refractivity contribution in [3.63, 3.8) is 0 Å². The molecule has 5 nitrogen and oxygen atoms in total. The number of amides is 1. The predicted octanol–water partition coefficient (Wildman–Crippen LogP) is 5.75. The number of carboxylic acid groups (broad SMARTS) is 1. The van der Waals surface area contributed by atoms with E-state index >= 15 is 0 Å². The summed E-state index contributed by atoms with van der Waals surface area (Å²) in [5, 5.41) is 22.5. The summed E-state index contributed by atoms with van der Waals surface area (Å²) in [5.74, 6) is 3.99. The fourth-order valence-electron chi connectivity index (χ4n) is 9.53. The fraction of sp³-hybridized carbons (Fsp3) is 0.931. The van der Waals surface area contributed by atoms with Crippen molar-refractivity contribution < 1.29 is 19.8 Å². The molecular formula is C29H49NO4S. The van der Waals surface area contributed by atoms with Gasteiger partial charge in [0.25, 0.3) is 0 Å². The highest BCUT2D eigenvalue weighted by atomic mass is 32.2. The predicted molar refractivity (Wildman–Crippen MR) is 142 cm³/mol. The number of thioether (sulfide) groups is 1. The zero-order valence-electron chi connectivity index (χ0n) is 22.4. The monoisotopic (exact) mass is 507 g/mol. The number of carbonyl (C=O) groups is 2. The van der Waals surface area contributed by atoms with Gasteiger partial charge in [-0.15, -0.1) is 0 Å². The molecule has 4 rings (SSSR count). The van der Waals surface area contributed by atoms with E-state index in [1.807, 2.05) is 6.26 Å². The number of fused-ring (bicyclic) bond motifs is 5. The van der Waals surface area contributed by atoms with E-state index in [1.54, 1.807) is 11.8 Å². The summed E-state index contributed by atoms with van der Waals surface area (Å²) in [6.45, 7) is 7.45. The van der Waals surface area contributed by atoms with E-state index in [0.717, 1.165) is 42.8 Å². The summed E-state index contributed by atoms with van der Waals surface area (Å²) in [6.07, 6.45) is 14.7. The molecule has 0 saturated heterocycles. The van der Waals surface area contributed by atoms with Crippen LogP contribution in [0.15, 0.2) is 0 Å². The van der Waals surface area contributed by atoms with Gasteiger partial charge >= 0.3 is 5.97 Å². The molecule has 0 heterocycles. The van der Waals surface area contributed by atoms with Gasteiger partial charge in [0.15, 0.2) is 0 Å². The Morgan fingerprint density at radius 2 is 1.71 bits per heavy atom. The second kappa shape index (κ2) is 10.9. The van der Waals surface area contributed by atoms with E-state index in [4.69, 9.17) is 0 Å². The van der Waals surface area contributed by atoms with Gasteiger partial charge in [-0.05, 0) is 129 Å². The number of hydrogen-bond acceptors (Lipinski definition) is 4. The third-order valence-corrected chi connectivity index (χ3v) is 12.1. The molecule has 0 radical (unpaired) electrons. The summed E-state index contributed by atoms with van der Waals surface area (Å²) in [5.41, 5.74) is 0.790. The van der Waals surface area contributed by atoms with Gasteiger partial charge in [0.1, 0.15) is 6.04 Å². The fourth-order valence-corrected chi connectivity index (χ4v) is 10.0. The lowest BCUT2D eigenvalue weighted by atomic mass is 9.44. The molecule has 6 heteroatoms. The third kappa shape index (κ3) is 5.30. The van der Waals surface area contributed by atoms with Crippen LogP contribution < -0.4 is 5.32 Å². The molecule has 200 valence electrons. The first-order chi connectivity index (χ1) is 16.6. The maximum Gasteiger partial charge on any atom is 0.326 e. The van der Waals surface area contributed by atoms with Gasteiger partial charge in [0.2, 0.25) is 5.91 Å². The zero-order chi connectivity index (χ0) is 25.4. The Bertz CT molecular complexity index is 776. The van der Waals surface area contributed by atoms with Crippen molar-refractivity contribution in [1.29, 1.82) is 0 Å². The first kappa shape index (κ1) is 27.3. The van der Waals surface area contributed by atoms with E-state index < -0.39 is 12.0 Å². The Morgan fingerprint density at radius 1 is 1.00 bits per heavy atom. The number of carbonyl (C=O) groups excluding carboxylic acids is 1. The molecule has 4 fully saturated rings. The first-order valence-electron chi connectivity index (χ1n) is 14.3. The van der Waals surface area contributed by atoms with Crippen molar-refractivity contribution in [3.8, 4) is 0 Å². The Kier molecular flexibility index (Phi) is 8.52. The van der Waals surface area contributed by atoms with Gasteiger partial charge < -0.3 is 15.5 Å². The van der Waals surface area contributed by atoms with E-state index in [0.29, 0.717) is 41.4 Å². The minimum absolute atomic E-state index is 0.0799. The average Bonchev–Trinajstić information content (AvgIpc) is 3.17. The van der Waals surface area contributed by atoms with Gasteiger partial charge in [-0.2, -0.15) is 11.8 Å². The van der Waals surface area contributed by atoms with Crippen molar-refractivity contribution in [2.75, 3.05) is 12.0 Å². The quantitative estimate of drug-likeness (QED) is 0.370. The van der Waals surface area contributed by atoms with Crippen molar-refractivity contribution in [1.82, 2.24) is 5.32 Å². The molecule has 4 aliphatic rings. The van der Waals surface area contributed by atoms with Crippen LogP contribution in [0.2, 0.25) is 0 Å². The smallest absolute Gasteiger partial charge is 0.326 e. The molecule has 0 aromatic carbocycles. The lowest BCUT2D eigenvalue weighted by Gasteiger charge is -2.61. The lowest BCUT2D eigenvalue weighted by molar-refractivity contribution is -0.142. The molecule has 0 bridgehead atoms. The maximum absolute atomic E-state index is 12.6. The van der Waals surface area contributed by atoms with Crippen LogP contribution >= 0.6 is 11.8 Å². The van der Waals surface area contributed by atoms with E-state index in [9.17, 15) is 19.8 Å². The molecule has 0 aliphatic heterocycles. The van der Waals surface area contributed by atoms with Crippen molar-refractivity contribution in [3.05, 3.63) is 0 Å². The number of hydrogen-bond donors (Lipinski definition) is 3. The second-order valence-corrected chi connectivity index (χ2v) is 14.1. The number of aliphatic hydroxyl groups excluding tert-OH is 1. The minimum atomic E-state index is -0.931. The van der Waals surface area contributed by atoms with Crippen molar-refractivity contribution in [2.24, 2.45) is 46.3 Å². The minimum Gasteiger partial charge on any atom is -0.480 e. The molecule has 3 N–H and O–H groups in total. The van der Waals surface area contributed by atoms with E-state index in [1.165, 1.54) is 44.9 Å². The Labute approximate surface area is 217 Å². The molecule has 0 aromatic rings. The van der Waals surface area contributed by atoms with Gasteiger partial charge in [-0.1, -0.05) is 20.8 Å². The summed E-state index contributed by atoms with van der Waals surface area (Å²) in [7, 11) is 0. The highest BCUT2D eigenvalue weighted by molar-refractivity contribution is 7.98. The summed E-state index contributed by atoms with van der Waals surface area (Å²) < 4.78 is 0. The summed E-state index contributed by atoms with van der Waals surface area (Å²) >= 11 is 1.61. The van der Waals surface area contributed by atoms with Gasteiger partial charge in [0, 0.05) is 6.42 Å². The van der Waals surface area contributed by atoms with Crippen LogP contribution in [0.4, 0.5) is 0 Å². The molecule has 0 aromatic heterocycles. The van der Waals surface area contributed by atoms with Gasteiger partial charge in [-0.25, -0.2) is 4.79 Å². The van der Waals surface area contributed by atoms with Gasteiger partial charge in [0.05, 0.1) is 6.10 Å². The standard InChI is InChI=1S/C29H49NO4S/c1-18(5-10-26(32)30-25(27(33)34)13-16-35-4)22-8-9-23-21-7-6-19-17-20(31)11-14-28(19,2)24(21)12-15-29(22,23)3/h18-25,31H,5-17H2,1-4H3,(H,30,32)(H,33,34)/t18?,19-,20-,21+,22-,23+,24+,25?,28+,29-/m1/s1. The highest BCUT2D eigenvalue weighted by Gasteiger charge is 2.60. The SMILES string of the molecule is CSCCC(NC(=O)CCC(C)[C@H]1CC[C@H]2[C@@H]3CC[C@@H]4C[C@H](O)CC[C@]4(C)[C@H]3CC[C@]12C)C(=O)O. The number of carboxylic acids is 1. The summed E-state index contributed by atoms with van der Waals surface area (Å²) in [6, 6.07) is -0.772. The highest BCUT2D eigenvalue weighted by Crippen LogP contribution is 2.68. The van der Waals surface area contributed by atoms with Crippen LogP contribution in [0, 0.1) is 46.3 Å². The second-order valence-electron chi connectivity index (χ2n) is 13.1. The molecule has 35 heavy (non-hydrogen) atoms. The number of aliphatic hydroxyl groups is 1. The van der Waals surface area contributed by atoms with Crippen LogP contribution in [0.3, 0.4) is 0 Å². The number of nitrogens with one attached hydrogen (secondary N) is 1. The molecular weight excluding hydrogens is 458 g/mol. The van der Waals surface area contributed by atoms with Crippen molar-refractivity contribution >= 4 is 23.6 Å². The van der Waals surface area contributed by atoms with Crippen molar-refractivity contribution in [2.45, 2.75) is 110 Å². The van der Waals surface area contributed by atoms with Crippen LogP contribution in [-0.2, 0) is 9.59 Å². The number of aliphatic carboxylic acids is 1. The Balaban J connectivity index is 1.35. The van der Waals surface area contributed by atoms with Gasteiger partial charge in [-0.3, -0.25) is 4.79 Å². The Hall–Kier alpha value is -0.750. The molecule has 10 atom stereocenters. The topological polar surface area (TPSA) is 86.6 Å². The lowest BCUT2D eigenvalue weighted by Crippen LogP contribution is -2.54. The summed E-state index contributed by atoms with van der Waals surface area (Å²) in [4.78, 5) is 24.1. The van der Waals surface area contributed by atoms with Crippen LogP contribution in [0.5, 0.6) is 0 Å².